The average molecular weight is 232 g/mol. The van der Waals surface area contributed by atoms with Crippen LogP contribution in [-0.4, -0.2) is 17.0 Å². The predicted octanol–water partition coefficient (Wildman–Crippen LogP) is 2.90. The van der Waals surface area contributed by atoms with E-state index >= 15 is 0 Å². The highest BCUT2D eigenvalue weighted by molar-refractivity contribution is 7.93. The van der Waals surface area contributed by atoms with Crippen LogP contribution in [0.3, 0.4) is 0 Å². The van der Waals surface area contributed by atoms with Gasteiger partial charge in [0.15, 0.2) is 0 Å². The van der Waals surface area contributed by atoms with Crippen LogP contribution in [0.15, 0.2) is 33.5 Å². The number of benzene rings is 1. The molecule has 0 aromatic heterocycles. The third-order valence-corrected chi connectivity index (χ3v) is 4.10. The molecule has 1 aromatic carbocycles. The molecule has 1 unspecified atom stereocenters. The Kier molecular flexibility index (Phi) is 3.96. The maximum absolute atomic E-state index is 12.0. The van der Waals surface area contributed by atoms with Crippen molar-refractivity contribution in [3.05, 3.63) is 29.8 Å². The summed E-state index contributed by atoms with van der Waals surface area (Å²) in [6.07, 6.45) is 1.66. The molecule has 0 N–H and O–H groups in total. The van der Waals surface area contributed by atoms with Crippen LogP contribution in [0.5, 0.6) is 0 Å². The second-order valence-electron chi connectivity index (χ2n) is 3.03. The molecule has 0 fully saturated rings. The van der Waals surface area contributed by atoms with Crippen LogP contribution in [0.4, 0.5) is 0 Å². The Balaban J connectivity index is 3.10. The number of hydrogen-bond acceptors (Lipinski definition) is 2. The van der Waals surface area contributed by atoms with E-state index in [0.717, 1.165) is 10.5 Å². The van der Waals surface area contributed by atoms with Crippen molar-refractivity contribution >= 4 is 21.3 Å². The summed E-state index contributed by atoms with van der Waals surface area (Å²) in [6, 6.07) is 7.44. The van der Waals surface area contributed by atoms with Crippen molar-refractivity contribution in [2.75, 3.05) is 12.8 Å². The highest BCUT2D eigenvalue weighted by atomic mass is 35.5. The van der Waals surface area contributed by atoms with Crippen molar-refractivity contribution in [2.45, 2.75) is 17.7 Å². The first kappa shape index (κ1) is 11.5. The monoisotopic (exact) mass is 231 g/mol. The Bertz CT molecular complexity index is 405. The van der Waals surface area contributed by atoms with Gasteiger partial charge >= 0.3 is 0 Å². The molecule has 1 atom stereocenters. The normalized spacial score (nSPS) is 14.8. The van der Waals surface area contributed by atoms with Gasteiger partial charge in [0.25, 0.3) is 0 Å². The van der Waals surface area contributed by atoms with E-state index in [4.69, 9.17) is 11.6 Å². The molecule has 0 aliphatic heterocycles. The molecule has 2 nitrogen and oxygen atoms in total. The van der Waals surface area contributed by atoms with Gasteiger partial charge in [0, 0.05) is 23.6 Å². The zero-order valence-corrected chi connectivity index (χ0v) is 9.94. The topological polar surface area (TPSA) is 29.4 Å². The van der Waals surface area contributed by atoms with E-state index in [0.29, 0.717) is 12.4 Å². The lowest BCUT2D eigenvalue weighted by Gasteiger charge is -2.04. The van der Waals surface area contributed by atoms with E-state index in [9.17, 15) is 4.21 Å². The van der Waals surface area contributed by atoms with E-state index in [2.05, 4.69) is 4.36 Å². The van der Waals surface area contributed by atoms with Gasteiger partial charge in [0.2, 0.25) is 0 Å². The fourth-order valence-electron chi connectivity index (χ4n) is 1.15. The highest BCUT2D eigenvalue weighted by Gasteiger charge is 2.04. The van der Waals surface area contributed by atoms with Crippen LogP contribution in [0.2, 0.25) is 0 Å². The van der Waals surface area contributed by atoms with Gasteiger partial charge in [0.1, 0.15) is 0 Å². The first-order valence-electron chi connectivity index (χ1n) is 4.43. The zero-order chi connectivity index (χ0) is 10.6. The van der Waals surface area contributed by atoms with Gasteiger partial charge in [-0.2, -0.15) is 0 Å². The number of alkyl halides is 1. The standard InChI is InChI=1S/C10H14ClNOS/c1-3-12-14(2,13)10-6-4-9(8-11)5-7-10/h4-7H,3,8H2,1-2H3. The minimum absolute atomic E-state index is 0.482. The lowest BCUT2D eigenvalue weighted by Crippen LogP contribution is -1.98. The molecule has 14 heavy (non-hydrogen) atoms. The van der Waals surface area contributed by atoms with Gasteiger partial charge in [0.05, 0.1) is 9.73 Å². The third kappa shape index (κ3) is 2.72. The minimum Gasteiger partial charge on any atom is -0.245 e. The molecule has 0 saturated carbocycles. The zero-order valence-electron chi connectivity index (χ0n) is 8.37. The molecule has 0 bridgehead atoms. The number of halogens is 1. The van der Waals surface area contributed by atoms with E-state index < -0.39 is 9.73 Å². The van der Waals surface area contributed by atoms with Crippen molar-refractivity contribution in [1.29, 1.82) is 0 Å². The summed E-state index contributed by atoms with van der Waals surface area (Å²) in [5, 5.41) is 0. The van der Waals surface area contributed by atoms with Crippen molar-refractivity contribution in [2.24, 2.45) is 4.36 Å². The highest BCUT2D eigenvalue weighted by Crippen LogP contribution is 2.13. The molecule has 78 valence electrons. The first-order valence-corrected chi connectivity index (χ1v) is 6.88. The first-order chi connectivity index (χ1) is 6.60. The maximum atomic E-state index is 12.0. The van der Waals surface area contributed by atoms with E-state index in [1.165, 1.54) is 0 Å². The maximum Gasteiger partial charge on any atom is 0.0722 e. The van der Waals surface area contributed by atoms with Gasteiger partial charge in [-0.3, -0.25) is 0 Å². The van der Waals surface area contributed by atoms with Crippen LogP contribution >= 0.6 is 11.6 Å². The predicted molar refractivity (Wildman–Crippen MR) is 61.3 cm³/mol. The SMILES string of the molecule is CCN=S(C)(=O)c1ccc(CCl)cc1. The van der Waals surface area contributed by atoms with E-state index in [1.54, 1.807) is 6.26 Å². The lowest BCUT2D eigenvalue weighted by atomic mass is 10.2. The fraction of sp³-hybridized carbons (Fsp3) is 0.400. The summed E-state index contributed by atoms with van der Waals surface area (Å²) >= 11 is 5.66. The molecule has 1 rings (SSSR count). The molecular formula is C10H14ClNOS. The Labute approximate surface area is 90.5 Å². The van der Waals surface area contributed by atoms with E-state index in [-0.39, 0.29) is 0 Å². The molecule has 1 aromatic rings. The van der Waals surface area contributed by atoms with Crippen LogP contribution in [0, 0.1) is 0 Å². The number of rotatable bonds is 3. The average Bonchev–Trinajstić information content (AvgIpc) is 2.18. The van der Waals surface area contributed by atoms with Crippen LogP contribution in [0.1, 0.15) is 12.5 Å². The van der Waals surface area contributed by atoms with Crippen LogP contribution in [0.25, 0.3) is 0 Å². The Morgan fingerprint density at radius 1 is 1.36 bits per heavy atom. The van der Waals surface area contributed by atoms with Crippen molar-refractivity contribution in [1.82, 2.24) is 0 Å². The quantitative estimate of drug-likeness (QED) is 0.736. The van der Waals surface area contributed by atoms with Gasteiger partial charge in [-0.25, -0.2) is 8.57 Å². The molecule has 0 aliphatic rings. The van der Waals surface area contributed by atoms with Crippen LogP contribution in [-0.2, 0) is 15.6 Å². The largest absolute Gasteiger partial charge is 0.245 e. The molecule has 0 spiro atoms. The molecule has 0 amide bonds. The summed E-state index contributed by atoms with van der Waals surface area (Å²) in [5.41, 5.74) is 1.03. The molecule has 0 radical (unpaired) electrons. The second-order valence-corrected chi connectivity index (χ2v) is 5.63. The van der Waals surface area contributed by atoms with Gasteiger partial charge in [-0.1, -0.05) is 12.1 Å². The van der Waals surface area contributed by atoms with E-state index in [1.807, 2.05) is 31.2 Å². The lowest BCUT2D eigenvalue weighted by molar-refractivity contribution is 0.679. The smallest absolute Gasteiger partial charge is 0.0722 e. The Morgan fingerprint density at radius 2 is 1.93 bits per heavy atom. The van der Waals surface area contributed by atoms with Crippen molar-refractivity contribution < 1.29 is 4.21 Å². The second kappa shape index (κ2) is 4.80. The van der Waals surface area contributed by atoms with Gasteiger partial charge < -0.3 is 0 Å². The Morgan fingerprint density at radius 3 is 2.36 bits per heavy atom. The summed E-state index contributed by atoms with van der Waals surface area (Å²) < 4.78 is 16.1. The summed E-state index contributed by atoms with van der Waals surface area (Å²) in [5.74, 6) is 0.482. The fourth-order valence-corrected chi connectivity index (χ4v) is 2.61. The summed E-state index contributed by atoms with van der Waals surface area (Å²) in [4.78, 5) is 0.771. The summed E-state index contributed by atoms with van der Waals surface area (Å²) in [7, 11) is -2.20. The Hall–Kier alpha value is -0.540. The van der Waals surface area contributed by atoms with Crippen LogP contribution < -0.4 is 0 Å². The molecule has 0 aliphatic carbocycles. The summed E-state index contributed by atoms with van der Waals surface area (Å²) in [6.45, 7) is 2.46. The molecule has 4 heteroatoms. The third-order valence-electron chi connectivity index (χ3n) is 1.89. The van der Waals surface area contributed by atoms with Gasteiger partial charge in [-0.05, 0) is 24.6 Å². The molecule has 0 heterocycles. The van der Waals surface area contributed by atoms with Gasteiger partial charge in [-0.15, -0.1) is 11.6 Å². The molecule has 0 saturated heterocycles. The van der Waals surface area contributed by atoms with Crippen molar-refractivity contribution in [3.63, 3.8) is 0 Å². The van der Waals surface area contributed by atoms with Crippen molar-refractivity contribution in [3.8, 4) is 0 Å². The minimum atomic E-state index is -2.20. The molecular weight excluding hydrogens is 218 g/mol. The number of nitrogens with zero attached hydrogens (tertiary/aromatic N) is 1. The number of hydrogen-bond donors (Lipinski definition) is 0.